The normalized spacial score (nSPS) is 26.8. The van der Waals surface area contributed by atoms with Gasteiger partial charge in [-0.2, -0.15) is 13.2 Å². The number of hydrogen-bond acceptors (Lipinski definition) is 5. The van der Waals surface area contributed by atoms with Gasteiger partial charge in [0.25, 0.3) is 0 Å². The van der Waals surface area contributed by atoms with Crippen LogP contribution in [0.4, 0.5) is 13.2 Å². The number of ether oxygens (including phenoxy) is 2. The Balaban J connectivity index is 1.75. The number of alkyl halides is 3. The van der Waals surface area contributed by atoms with Gasteiger partial charge in [0.05, 0.1) is 18.8 Å². The molecule has 3 atom stereocenters. The summed E-state index contributed by atoms with van der Waals surface area (Å²) in [5, 5.41) is 3.56. The van der Waals surface area contributed by atoms with Crippen LogP contribution in [0.5, 0.6) is 5.75 Å². The van der Waals surface area contributed by atoms with Crippen LogP contribution in [-0.2, 0) is 15.7 Å². The molecule has 0 saturated carbocycles. The van der Waals surface area contributed by atoms with Gasteiger partial charge >= 0.3 is 12.1 Å². The zero-order valence-corrected chi connectivity index (χ0v) is 18.0. The Labute approximate surface area is 185 Å². The zero-order chi connectivity index (χ0) is 22.8. The highest BCUT2D eigenvalue weighted by Crippen LogP contribution is 2.49. The van der Waals surface area contributed by atoms with E-state index in [0.29, 0.717) is 6.42 Å². The van der Waals surface area contributed by atoms with Gasteiger partial charge in [-0.05, 0) is 43.5 Å². The van der Waals surface area contributed by atoms with Crippen LogP contribution in [0.3, 0.4) is 0 Å². The first kappa shape index (κ1) is 22.6. The molecule has 172 valence electrons. The number of nitrogens with zero attached hydrogens (tertiary/aromatic N) is 1. The molecule has 4 rings (SSSR count). The van der Waals surface area contributed by atoms with Crippen LogP contribution in [0.1, 0.15) is 67.4 Å². The third-order valence-corrected chi connectivity index (χ3v) is 6.40. The van der Waals surface area contributed by atoms with Gasteiger partial charge in [0.1, 0.15) is 23.0 Å². The Morgan fingerprint density at radius 2 is 1.84 bits per heavy atom. The van der Waals surface area contributed by atoms with Crippen LogP contribution in [0, 0.1) is 0 Å². The van der Waals surface area contributed by atoms with Crippen LogP contribution in [0.25, 0.3) is 0 Å². The minimum Gasteiger partial charge on any atom is -0.495 e. The maximum Gasteiger partial charge on any atom is 0.433 e. The number of nitrogens with one attached hydrogen (secondary N) is 1. The number of carbonyl (C=O) groups excluding carboxylic acids is 1. The number of carbonyl (C=O) groups is 1. The smallest absolute Gasteiger partial charge is 0.433 e. The number of methoxy groups -OCH3 is 1. The summed E-state index contributed by atoms with van der Waals surface area (Å²) >= 11 is 0. The minimum absolute atomic E-state index is 0.0177. The van der Waals surface area contributed by atoms with Crippen molar-refractivity contribution >= 4 is 5.97 Å². The molecule has 2 fully saturated rings. The highest BCUT2D eigenvalue weighted by molar-refractivity contribution is 5.81. The molecule has 1 aromatic heterocycles. The minimum atomic E-state index is -4.62. The second-order valence-corrected chi connectivity index (χ2v) is 8.49. The zero-order valence-electron chi connectivity index (χ0n) is 18.0. The lowest BCUT2D eigenvalue weighted by molar-refractivity contribution is -0.153. The molecule has 0 radical (unpaired) electrons. The molecule has 0 bridgehead atoms. The Bertz CT molecular complexity index is 951. The van der Waals surface area contributed by atoms with Crippen LogP contribution < -0.4 is 10.1 Å². The summed E-state index contributed by atoms with van der Waals surface area (Å²) in [5.74, 6) is -1.33. The first-order valence-corrected chi connectivity index (χ1v) is 11.0. The molecular formula is C24H27F3N2O3. The van der Waals surface area contributed by atoms with E-state index in [2.05, 4.69) is 10.3 Å². The molecule has 2 saturated heterocycles. The van der Waals surface area contributed by atoms with Crippen molar-refractivity contribution in [2.24, 2.45) is 0 Å². The number of esters is 1. The molecule has 2 aliphatic heterocycles. The van der Waals surface area contributed by atoms with Crippen molar-refractivity contribution in [1.29, 1.82) is 0 Å². The van der Waals surface area contributed by atoms with Crippen LogP contribution >= 0.6 is 0 Å². The monoisotopic (exact) mass is 448 g/mol. The number of aromatic nitrogens is 1. The fourth-order valence-electron chi connectivity index (χ4n) is 4.87. The summed E-state index contributed by atoms with van der Waals surface area (Å²) in [5.41, 5.74) is -0.939. The van der Waals surface area contributed by atoms with Gasteiger partial charge in [-0.15, -0.1) is 0 Å². The summed E-state index contributed by atoms with van der Waals surface area (Å²) in [6.45, 7) is 0.772. The molecule has 1 unspecified atom stereocenters. The molecule has 2 aromatic rings. The Morgan fingerprint density at radius 3 is 2.56 bits per heavy atom. The SMILES string of the molecule is COc1ccc(C(F)(F)F)nc1[C@@H]1CC2(CCCCCCN[C@H]2c2ccccc2)OC1=O. The topological polar surface area (TPSA) is 60.4 Å². The summed E-state index contributed by atoms with van der Waals surface area (Å²) in [7, 11) is 1.36. The molecule has 0 amide bonds. The molecule has 5 nitrogen and oxygen atoms in total. The van der Waals surface area contributed by atoms with Crippen LogP contribution in [0.2, 0.25) is 0 Å². The standard InChI is InChI=1S/C24H27F3N2O3/c1-31-18-11-12-19(24(25,26)27)29-20(18)17-15-23(32-22(17)30)13-7-2-3-8-14-28-21(23)16-9-5-4-6-10-16/h4-6,9-12,17,21,28H,2-3,7-8,13-15H2,1H3/t17-,21-,23?/m0/s1. The number of pyridine rings is 1. The maximum absolute atomic E-state index is 13.3. The van der Waals surface area contributed by atoms with E-state index < -0.39 is 29.4 Å². The fraction of sp³-hybridized carbons (Fsp3) is 0.500. The average molecular weight is 448 g/mol. The number of hydrogen-bond donors (Lipinski definition) is 1. The van der Waals surface area contributed by atoms with Gasteiger partial charge in [0.2, 0.25) is 0 Å². The highest BCUT2D eigenvalue weighted by Gasteiger charge is 2.53. The summed E-state index contributed by atoms with van der Waals surface area (Å²) in [4.78, 5) is 16.9. The van der Waals surface area contributed by atoms with Gasteiger partial charge in [-0.1, -0.05) is 43.2 Å². The van der Waals surface area contributed by atoms with Crippen molar-refractivity contribution in [3.63, 3.8) is 0 Å². The van der Waals surface area contributed by atoms with Gasteiger partial charge in [-0.25, -0.2) is 4.98 Å². The van der Waals surface area contributed by atoms with Crippen molar-refractivity contribution in [2.75, 3.05) is 13.7 Å². The predicted octanol–water partition coefficient (Wildman–Crippen LogP) is 5.17. The predicted molar refractivity (Wildman–Crippen MR) is 112 cm³/mol. The second kappa shape index (κ2) is 9.10. The van der Waals surface area contributed by atoms with E-state index in [9.17, 15) is 18.0 Å². The van der Waals surface area contributed by atoms with E-state index in [1.807, 2.05) is 30.3 Å². The van der Waals surface area contributed by atoms with Crippen molar-refractivity contribution in [2.45, 2.75) is 62.3 Å². The molecular weight excluding hydrogens is 421 g/mol. The molecule has 8 heteroatoms. The summed E-state index contributed by atoms with van der Waals surface area (Å²) in [6, 6.07) is 11.6. The Morgan fingerprint density at radius 1 is 1.09 bits per heavy atom. The first-order chi connectivity index (χ1) is 15.3. The molecule has 1 spiro atoms. The van der Waals surface area contributed by atoms with E-state index in [1.54, 1.807) is 0 Å². The second-order valence-electron chi connectivity index (χ2n) is 8.49. The van der Waals surface area contributed by atoms with E-state index in [0.717, 1.165) is 43.9 Å². The molecule has 32 heavy (non-hydrogen) atoms. The maximum atomic E-state index is 13.3. The first-order valence-electron chi connectivity index (χ1n) is 11.0. The van der Waals surface area contributed by atoms with Crippen LogP contribution in [-0.4, -0.2) is 30.2 Å². The Kier molecular flexibility index (Phi) is 6.42. The summed E-state index contributed by atoms with van der Waals surface area (Å²) in [6.07, 6.45) is 0.223. The number of rotatable bonds is 3. The van der Waals surface area contributed by atoms with Crippen molar-refractivity contribution < 1.29 is 27.4 Å². The lowest BCUT2D eigenvalue weighted by Crippen LogP contribution is -2.44. The van der Waals surface area contributed by atoms with Crippen molar-refractivity contribution in [3.05, 3.63) is 59.4 Å². The lowest BCUT2D eigenvalue weighted by Gasteiger charge is -2.37. The van der Waals surface area contributed by atoms with Gasteiger partial charge in [0.15, 0.2) is 0 Å². The molecule has 1 aromatic carbocycles. The van der Waals surface area contributed by atoms with Gasteiger partial charge in [0, 0.05) is 6.42 Å². The van der Waals surface area contributed by atoms with Crippen LogP contribution in [0.15, 0.2) is 42.5 Å². The van der Waals surface area contributed by atoms with E-state index in [-0.39, 0.29) is 23.9 Å². The van der Waals surface area contributed by atoms with Crippen molar-refractivity contribution in [1.82, 2.24) is 10.3 Å². The van der Waals surface area contributed by atoms with Gasteiger partial charge in [-0.3, -0.25) is 4.79 Å². The third kappa shape index (κ3) is 4.46. The quantitative estimate of drug-likeness (QED) is 0.657. The number of halogens is 3. The van der Waals surface area contributed by atoms with Crippen molar-refractivity contribution in [3.8, 4) is 5.75 Å². The largest absolute Gasteiger partial charge is 0.495 e. The van der Waals surface area contributed by atoms with E-state index >= 15 is 0 Å². The van der Waals surface area contributed by atoms with E-state index in [1.165, 1.54) is 13.2 Å². The highest BCUT2D eigenvalue weighted by atomic mass is 19.4. The van der Waals surface area contributed by atoms with E-state index in [4.69, 9.17) is 9.47 Å². The third-order valence-electron chi connectivity index (χ3n) is 6.40. The molecule has 3 heterocycles. The molecule has 1 N–H and O–H groups in total. The lowest BCUT2D eigenvalue weighted by atomic mass is 9.79. The molecule has 2 aliphatic rings. The Hall–Kier alpha value is -2.61. The van der Waals surface area contributed by atoms with Gasteiger partial charge < -0.3 is 14.8 Å². The number of benzene rings is 1. The summed E-state index contributed by atoms with van der Waals surface area (Å²) < 4.78 is 51.3. The fourth-order valence-corrected chi connectivity index (χ4v) is 4.87. The molecule has 0 aliphatic carbocycles. The average Bonchev–Trinajstić information content (AvgIpc) is 3.15.